The van der Waals surface area contributed by atoms with Gasteiger partial charge in [-0.3, -0.25) is 4.79 Å². The maximum absolute atomic E-state index is 12.3. The molecule has 104 valence electrons. The molecule has 0 spiro atoms. The number of hydrogen-bond acceptors (Lipinski definition) is 3. The first kappa shape index (κ1) is 13.9. The summed E-state index contributed by atoms with van der Waals surface area (Å²) in [5.41, 5.74) is 1.32. The topological polar surface area (TPSA) is 60.8 Å². The Balaban J connectivity index is 2.09. The fraction of sp³-hybridized carbons (Fsp3) is 0.533. The predicted molar refractivity (Wildman–Crippen MR) is 73.2 cm³/mol. The van der Waals surface area contributed by atoms with Crippen LogP contribution in [0.3, 0.4) is 0 Å². The lowest BCUT2D eigenvalue weighted by Crippen LogP contribution is -2.35. The van der Waals surface area contributed by atoms with Crippen molar-refractivity contribution in [3.63, 3.8) is 0 Å². The van der Waals surface area contributed by atoms with E-state index in [9.17, 15) is 15.0 Å². The summed E-state index contributed by atoms with van der Waals surface area (Å²) in [6.45, 7) is 2.32. The van der Waals surface area contributed by atoms with E-state index in [1.807, 2.05) is 13.0 Å². The van der Waals surface area contributed by atoms with Gasteiger partial charge in [-0.2, -0.15) is 0 Å². The van der Waals surface area contributed by atoms with Crippen molar-refractivity contribution in [3.05, 3.63) is 29.3 Å². The van der Waals surface area contributed by atoms with E-state index < -0.39 is 6.10 Å². The van der Waals surface area contributed by atoms with Gasteiger partial charge in [0.05, 0.1) is 11.7 Å². The second-order valence-electron chi connectivity index (χ2n) is 5.30. The van der Waals surface area contributed by atoms with Gasteiger partial charge in [0.1, 0.15) is 5.75 Å². The van der Waals surface area contributed by atoms with Gasteiger partial charge in [0, 0.05) is 13.6 Å². The van der Waals surface area contributed by atoms with Crippen molar-refractivity contribution in [2.45, 2.75) is 32.3 Å². The average molecular weight is 263 g/mol. The Morgan fingerprint density at radius 3 is 2.74 bits per heavy atom. The molecule has 19 heavy (non-hydrogen) atoms. The second kappa shape index (κ2) is 5.61. The van der Waals surface area contributed by atoms with Crippen LogP contribution in [0.15, 0.2) is 18.2 Å². The summed E-state index contributed by atoms with van der Waals surface area (Å²) >= 11 is 0. The van der Waals surface area contributed by atoms with Crippen LogP contribution in [0, 0.1) is 5.92 Å². The van der Waals surface area contributed by atoms with Crippen LogP contribution in [-0.4, -0.2) is 40.7 Å². The molecular formula is C15H21NO3. The van der Waals surface area contributed by atoms with Crippen molar-refractivity contribution in [3.8, 4) is 5.75 Å². The highest BCUT2D eigenvalue weighted by Crippen LogP contribution is 2.33. The first-order chi connectivity index (χ1) is 9.02. The van der Waals surface area contributed by atoms with E-state index in [1.165, 1.54) is 4.90 Å². The number of aromatic hydroxyl groups is 1. The van der Waals surface area contributed by atoms with E-state index in [-0.39, 0.29) is 11.7 Å². The Labute approximate surface area is 113 Å². The van der Waals surface area contributed by atoms with Crippen LogP contribution in [0.1, 0.15) is 35.7 Å². The van der Waals surface area contributed by atoms with E-state index in [0.29, 0.717) is 18.0 Å². The number of nitrogens with zero attached hydrogens (tertiary/aromatic N) is 1. The zero-order valence-electron chi connectivity index (χ0n) is 11.5. The molecule has 2 rings (SSSR count). The van der Waals surface area contributed by atoms with Crippen LogP contribution in [0.5, 0.6) is 5.75 Å². The van der Waals surface area contributed by atoms with Gasteiger partial charge in [-0.15, -0.1) is 0 Å². The van der Waals surface area contributed by atoms with Crippen LogP contribution >= 0.6 is 0 Å². The summed E-state index contributed by atoms with van der Waals surface area (Å²) in [4.78, 5) is 13.8. The van der Waals surface area contributed by atoms with Gasteiger partial charge in [-0.1, -0.05) is 13.0 Å². The van der Waals surface area contributed by atoms with E-state index in [1.54, 1.807) is 19.2 Å². The van der Waals surface area contributed by atoms with Crippen LogP contribution in [-0.2, 0) is 6.42 Å². The lowest BCUT2D eigenvalue weighted by molar-refractivity contribution is 0.0642. The molecule has 0 heterocycles. The quantitative estimate of drug-likeness (QED) is 0.851. The zero-order valence-corrected chi connectivity index (χ0v) is 11.5. The molecule has 0 aliphatic heterocycles. The maximum Gasteiger partial charge on any atom is 0.257 e. The monoisotopic (exact) mass is 263 g/mol. The minimum atomic E-state index is -0.453. The average Bonchev–Trinajstić information content (AvgIpc) is 3.22. The molecule has 0 aromatic heterocycles. The number of likely N-dealkylation sites (N-methyl/N-ethyl adjacent to an activating group) is 1. The summed E-state index contributed by atoms with van der Waals surface area (Å²) in [6.07, 6.45) is 2.44. The fourth-order valence-corrected chi connectivity index (χ4v) is 2.17. The highest BCUT2D eigenvalue weighted by Gasteiger charge is 2.31. The summed E-state index contributed by atoms with van der Waals surface area (Å²) in [7, 11) is 1.66. The summed E-state index contributed by atoms with van der Waals surface area (Å²) in [5, 5.41) is 19.7. The number of carbonyl (C=O) groups is 1. The number of carbonyl (C=O) groups excluding carboxylic acids is 1. The standard InChI is InChI=1S/C15H21NO3/c1-3-10-4-7-13(17)12(8-10)15(19)16(2)9-14(18)11-5-6-11/h4,7-8,11,14,17-18H,3,5-6,9H2,1-2H3. The summed E-state index contributed by atoms with van der Waals surface area (Å²) in [6, 6.07) is 5.08. The predicted octanol–water partition coefficient (Wildman–Crippen LogP) is 1.80. The molecule has 1 aromatic carbocycles. The van der Waals surface area contributed by atoms with Crippen molar-refractivity contribution < 1.29 is 15.0 Å². The molecule has 1 amide bonds. The second-order valence-corrected chi connectivity index (χ2v) is 5.30. The van der Waals surface area contributed by atoms with Gasteiger partial charge < -0.3 is 15.1 Å². The van der Waals surface area contributed by atoms with Gasteiger partial charge in [0.25, 0.3) is 5.91 Å². The molecule has 1 saturated carbocycles. The molecule has 1 atom stereocenters. The van der Waals surface area contributed by atoms with Crippen LogP contribution in [0.4, 0.5) is 0 Å². The first-order valence-electron chi connectivity index (χ1n) is 6.78. The van der Waals surface area contributed by atoms with Crippen LogP contribution < -0.4 is 0 Å². The number of aliphatic hydroxyl groups excluding tert-OH is 1. The van der Waals surface area contributed by atoms with E-state index in [4.69, 9.17) is 0 Å². The van der Waals surface area contributed by atoms with Gasteiger partial charge >= 0.3 is 0 Å². The van der Waals surface area contributed by atoms with Gasteiger partial charge in [0.15, 0.2) is 0 Å². The van der Waals surface area contributed by atoms with Crippen LogP contribution in [0.25, 0.3) is 0 Å². The maximum atomic E-state index is 12.3. The molecule has 1 unspecified atom stereocenters. The third kappa shape index (κ3) is 3.26. The Morgan fingerprint density at radius 1 is 1.47 bits per heavy atom. The van der Waals surface area contributed by atoms with Crippen molar-refractivity contribution in [2.75, 3.05) is 13.6 Å². The summed E-state index contributed by atoms with van der Waals surface area (Å²) < 4.78 is 0. The number of amides is 1. The van der Waals surface area contributed by atoms with Gasteiger partial charge in [0.2, 0.25) is 0 Å². The molecule has 1 aromatic rings. The third-order valence-electron chi connectivity index (χ3n) is 3.67. The van der Waals surface area contributed by atoms with Crippen molar-refractivity contribution >= 4 is 5.91 Å². The van der Waals surface area contributed by atoms with E-state index >= 15 is 0 Å². The third-order valence-corrected chi connectivity index (χ3v) is 3.67. The van der Waals surface area contributed by atoms with E-state index in [2.05, 4.69) is 0 Å². The number of rotatable bonds is 5. The smallest absolute Gasteiger partial charge is 0.257 e. The molecular weight excluding hydrogens is 242 g/mol. The number of phenolic OH excluding ortho intramolecular Hbond substituents is 1. The minimum absolute atomic E-state index is 0.00467. The number of aliphatic hydroxyl groups is 1. The van der Waals surface area contributed by atoms with Crippen molar-refractivity contribution in [1.29, 1.82) is 0 Å². The van der Waals surface area contributed by atoms with Crippen molar-refractivity contribution in [2.24, 2.45) is 5.92 Å². The molecule has 0 bridgehead atoms. The van der Waals surface area contributed by atoms with E-state index in [0.717, 1.165) is 24.8 Å². The van der Waals surface area contributed by atoms with Crippen LogP contribution in [0.2, 0.25) is 0 Å². The first-order valence-corrected chi connectivity index (χ1v) is 6.78. The number of benzene rings is 1. The minimum Gasteiger partial charge on any atom is -0.507 e. The highest BCUT2D eigenvalue weighted by molar-refractivity contribution is 5.96. The SMILES string of the molecule is CCc1ccc(O)c(C(=O)N(C)CC(O)C2CC2)c1. The van der Waals surface area contributed by atoms with Gasteiger partial charge in [-0.05, 0) is 42.9 Å². The van der Waals surface area contributed by atoms with Gasteiger partial charge in [-0.25, -0.2) is 0 Å². The largest absolute Gasteiger partial charge is 0.507 e. The Kier molecular flexibility index (Phi) is 4.10. The molecule has 2 N–H and O–H groups in total. The number of hydrogen-bond donors (Lipinski definition) is 2. The Morgan fingerprint density at radius 2 is 2.16 bits per heavy atom. The molecule has 4 nitrogen and oxygen atoms in total. The Bertz CT molecular complexity index is 468. The number of aryl methyl sites for hydroxylation is 1. The Hall–Kier alpha value is -1.55. The lowest BCUT2D eigenvalue weighted by Gasteiger charge is -2.21. The molecule has 1 fully saturated rings. The van der Waals surface area contributed by atoms with Crippen molar-refractivity contribution in [1.82, 2.24) is 4.90 Å². The molecule has 1 aliphatic carbocycles. The molecule has 4 heteroatoms. The molecule has 1 aliphatic rings. The normalized spacial score (nSPS) is 16.2. The summed E-state index contributed by atoms with van der Waals surface area (Å²) in [5.74, 6) is 0.0910. The fourth-order valence-electron chi connectivity index (χ4n) is 2.17. The highest BCUT2D eigenvalue weighted by atomic mass is 16.3. The molecule has 0 saturated heterocycles. The zero-order chi connectivity index (χ0) is 14.0. The number of phenols is 1. The lowest BCUT2D eigenvalue weighted by atomic mass is 10.1. The molecule has 0 radical (unpaired) electrons.